The zero-order valence-electron chi connectivity index (χ0n) is 19.2. The zero-order chi connectivity index (χ0) is 24.0. The summed E-state index contributed by atoms with van der Waals surface area (Å²) in [5.41, 5.74) is 2.34. The maximum Gasteiger partial charge on any atom is 0.253 e. The van der Waals surface area contributed by atoms with Crippen molar-refractivity contribution in [3.8, 4) is 11.5 Å². The highest BCUT2D eigenvalue weighted by molar-refractivity contribution is 7.89. The van der Waals surface area contributed by atoms with Crippen LogP contribution in [0.15, 0.2) is 77.7 Å². The average molecular weight is 469 g/mol. The molecule has 0 spiro atoms. The summed E-state index contributed by atoms with van der Waals surface area (Å²) in [7, 11) is 2.66. The van der Waals surface area contributed by atoms with Crippen LogP contribution in [0.2, 0.25) is 0 Å². The van der Waals surface area contributed by atoms with E-state index in [-0.39, 0.29) is 10.8 Å². The van der Waals surface area contributed by atoms with Gasteiger partial charge in [0.2, 0.25) is 10.0 Å². The normalized spacial score (nSPS) is 11.3. The van der Waals surface area contributed by atoms with E-state index in [0.29, 0.717) is 30.2 Å². The summed E-state index contributed by atoms with van der Waals surface area (Å²) >= 11 is 0. The number of hydrogen-bond acceptors (Lipinski definition) is 5. The number of ether oxygens (including phenoxy) is 2. The van der Waals surface area contributed by atoms with Crippen molar-refractivity contribution < 1.29 is 22.7 Å². The Morgan fingerprint density at radius 1 is 0.848 bits per heavy atom. The third kappa shape index (κ3) is 5.91. The van der Waals surface area contributed by atoms with E-state index in [1.807, 2.05) is 48.5 Å². The van der Waals surface area contributed by atoms with Crippen molar-refractivity contribution in [3.63, 3.8) is 0 Å². The maximum absolute atomic E-state index is 12.8. The number of rotatable bonds is 9. The Morgan fingerprint density at radius 2 is 1.52 bits per heavy atom. The van der Waals surface area contributed by atoms with Crippen LogP contribution < -0.4 is 9.47 Å². The molecule has 0 N–H and O–H groups in total. The third-order valence-corrected chi connectivity index (χ3v) is 6.94. The largest absolute Gasteiger partial charge is 0.493 e. The van der Waals surface area contributed by atoms with Crippen molar-refractivity contribution >= 4 is 15.9 Å². The molecule has 0 aromatic heterocycles. The molecule has 8 heteroatoms. The van der Waals surface area contributed by atoms with Crippen molar-refractivity contribution in [3.05, 3.63) is 89.5 Å². The summed E-state index contributed by atoms with van der Waals surface area (Å²) < 4.78 is 36.9. The third-order valence-electron chi connectivity index (χ3n) is 5.11. The lowest BCUT2D eigenvalue weighted by Gasteiger charge is -2.19. The smallest absolute Gasteiger partial charge is 0.253 e. The van der Waals surface area contributed by atoms with Crippen molar-refractivity contribution in [2.24, 2.45) is 0 Å². The fourth-order valence-corrected chi connectivity index (χ4v) is 4.11. The average Bonchev–Trinajstić information content (AvgIpc) is 2.83. The lowest BCUT2D eigenvalue weighted by Crippen LogP contribution is -2.26. The number of amides is 1. The van der Waals surface area contributed by atoms with Gasteiger partial charge < -0.3 is 14.4 Å². The zero-order valence-corrected chi connectivity index (χ0v) is 20.0. The molecule has 174 valence electrons. The summed E-state index contributed by atoms with van der Waals surface area (Å²) in [4.78, 5) is 14.5. The second kappa shape index (κ2) is 10.5. The van der Waals surface area contributed by atoms with Gasteiger partial charge in [0.25, 0.3) is 5.91 Å². The first-order valence-corrected chi connectivity index (χ1v) is 11.8. The van der Waals surface area contributed by atoms with Crippen LogP contribution in [0.5, 0.6) is 11.5 Å². The van der Waals surface area contributed by atoms with Gasteiger partial charge in [-0.25, -0.2) is 12.7 Å². The summed E-state index contributed by atoms with van der Waals surface area (Å²) in [6.07, 6.45) is 0. The highest BCUT2D eigenvalue weighted by Gasteiger charge is 2.19. The van der Waals surface area contributed by atoms with E-state index >= 15 is 0 Å². The van der Waals surface area contributed by atoms with Crippen LogP contribution >= 0.6 is 0 Å². The van der Waals surface area contributed by atoms with E-state index in [9.17, 15) is 13.2 Å². The van der Waals surface area contributed by atoms with Crippen LogP contribution in [0.4, 0.5) is 0 Å². The van der Waals surface area contributed by atoms with Crippen molar-refractivity contribution in [1.82, 2.24) is 9.21 Å². The van der Waals surface area contributed by atoms with Crippen LogP contribution in [-0.4, -0.2) is 51.8 Å². The van der Waals surface area contributed by atoms with Gasteiger partial charge in [-0.3, -0.25) is 4.79 Å². The maximum atomic E-state index is 12.8. The van der Waals surface area contributed by atoms with E-state index in [2.05, 4.69) is 0 Å². The Balaban J connectivity index is 1.67. The van der Waals surface area contributed by atoms with Gasteiger partial charge in [0.1, 0.15) is 6.61 Å². The molecule has 0 heterocycles. The minimum Gasteiger partial charge on any atom is -0.493 e. The van der Waals surface area contributed by atoms with E-state index in [1.165, 1.54) is 38.4 Å². The first-order chi connectivity index (χ1) is 15.7. The highest BCUT2D eigenvalue weighted by atomic mass is 32.2. The van der Waals surface area contributed by atoms with Crippen LogP contribution in [0.1, 0.15) is 21.5 Å². The lowest BCUT2D eigenvalue weighted by atomic mass is 10.1. The number of carbonyl (C=O) groups is 1. The molecule has 0 aliphatic carbocycles. The first kappa shape index (κ1) is 24.3. The van der Waals surface area contributed by atoms with E-state index in [1.54, 1.807) is 19.1 Å². The van der Waals surface area contributed by atoms with Gasteiger partial charge in [-0.1, -0.05) is 36.4 Å². The summed E-state index contributed by atoms with van der Waals surface area (Å²) in [5.74, 6) is 0.992. The summed E-state index contributed by atoms with van der Waals surface area (Å²) in [5, 5.41) is 0. The number of benzene rings is 3. The SMILES string of the molecule is COc1cc(CN(C)C(=O)c2ccc(S(=O)(=O)N(C)C)cc2)ccc1OCc1ccccc1. The molecule has 33 heavy (non-hydrogen) atoms. The minimum absolute atomic E-state index is 0.141. The van der Waals surface area contributed by atoms with Crippen LogP contribution in [-0.2, 0) is 23.2 Å². The van der Waals surface area contributed by atoms with E-state index in [4.69, 9.17) is 9.47 Å². The Bertz CT molecular complexity index is 1190. The first-order valence-electron chi connectivity index (χ1n) is 10.3. The molecule has 0 aliphatic heterocycles. The Kier molecular flexibility index (Phi) is 7.73. The molecule has 3 aromatic rings. The van der Waals surface area contributed by atoms with Crippen molar-refractivity contribution in [1.29, 1.82) is 0 Å². The molecular weight excluding hydrogens is 440 g/mol. The monoisotopic (exact) mass is 468 g/mol. The Hall–Kier alpha value is -3.36. The van der Waals surface area contributed by atoms with Gasteiger partial charge >= 0.3 is 0 Å². The number of nitrogens with zero attached hydrogens (tertiary/aromatic N) is 2. The van der Waals surface area contributed by atoms with Crippen molar-refractivity contribution in [2.75, 3.05) is 28.3 Å². The molecule has 3 rings (SSSR count). The number of methoxy groups -OCH3 is 1. The molecular formula is C25H28N2O5S. The fraction of sp³-hybridized carbons (Fsp3) is 0.240. The molecule has 0 unspecified atom stereocenters. The van der Waals surface area contributed by atoms with Crippen molar-refractivity contribution in [2.45, 2.75) is 18.0 Å². The second-order valence-corrected chi connectivity index (χ2v) is 9.88. The van der Waals surface area contributed by atoms with E-state index in [0.717, 1.165) is 15.4 Å². The van der Waals surface area contributed by atoms with Gasteiger partial charge in [-0.15, -0.1) is 0 Å². The molecule has 0 atom stereocenters. The number of carbonyl (C=O) groups excluding carboxylic acids is 1. The fourth-order valence-electron chi connectivity index (χ4n) is 3.21. The summed E-state index contributed by atoms with van der Waals surface area (Å²) in [6, 6.07) is 21.3. The van der Waals surface area contributed by atoms with Gasteiger partial charge in [-0.05, 0) is 47.5 Å². The second-order valence-electron chi connectivity index (χ2n) is 7.73. The predicted octanol–water partition coefficient (Wildman–Crippen LogP) is 3.80. The molecule has 0 saturated carbocycles. The quantitative estimate of drug-likeness (QED) is 0.478. The molecule has 3 aromatic carbocycles. The van der Waals surface area contributed by atoms with Gasteiger partial charge in [0.15, 0.2) is 11.5 Å². The lowest BCUT2D eigenvalue weighted by molar-refractivity contribution is 0.0785. The van der Waals surface area contributed by atoms with E-state index < -0.39 is 10.0 Å². The molecule has 7 nitrogen and oxygen atoms in total. The van der Waals surface area contributed by atoms with Gasteiger partial charge in [0.05, 0.1) is 12.0 Å². The standard InChI is InChI=1S/C25H28N2O5S/c1-26(2)33(29,30)22-13-11-21(12-14-22)25(28)27(3)17-20-10-15-23(24(16-20)31-4)32-18-19-8-6-5-7-9-19/h5-16H,17-18H2,1-4H3. The Labute approximate surface area is 195 Å². The predicted molar refractivity (Wildman–Crippen MR) is 127 cm³/mol. The van der Waals surface area contributed by atoms with Gasteiger partial charge in [-0.2, -0.15) is 0 Å². The number of hydrogen-bond donors (Lipinski definition) is 0. The molecule has 1 amide bonds. The molecule has 0 fully saturated rings. The molecule has 0 bridgehead atoms. The minimum atomic E-state index is -3.54. The molecule has 0 aliphatic rings. The number of sulfonamides is 1. The Morgan fingerprint density at radius 3 is 2.12 bits per heavy atom. The molecule has 0 saturated heterocycles. The topological polar surface area (TPSA) is 76.2 Å². The summed E-state index contributed by atoms with van der Waals surface area (Å²) in [6.45, 7) is 0.778. The van der Waals surface area contributed by atoms with Crippen LogP contribution in [0, 0.1) is 0 Å². The highest BCUT2D eigenvalue weighted by Crippen LogP contribution is 2.29. The van der Waals surface area contributed by atoms with Crippen LogP contribution in [0.25, 0.3) is 0 Å². The van der Waals surface area contributed by atoms with Crippen LogP contribution in [0.3, 0.4) is 0 Å². The molecule has 0 radical (unpaired) electrons. The van der Waals surface area contributed by atoms with Gasteiger partial charge in [0, 0.05) is 33.3 Å².